The summed E-state index contributed by atoms with van der Waals surface area (Å²) in [6.45, 7) is 20.4. The Bertz CT molecular complexity index is 2720. The van der Waals surface area contributed by atoms with E-state index in [-0.39, 0.29) is 38.6 Å². The summed E-state index contributed by atoms with van der Waals surface area (Å²) in [6.07, 6.45) is 0.702. The standard InChI is InChI=1S/C65H103N9O17/c1-15-37(4)50-58(81)73-53-46-26-25-45(31-39(46)6)90-43(10)65(87,35-66-29-21-16-17-22-30-67-63(86)91-64(11,12)13)28-27-38(5)55(78)68-33-49(76)88-34-47(62(85)89-42(9)52(60(83)70-50)72-56(79)40(7)54(77)36(2)3)69-59(82)51(41(8)75)71-57(80)48(74(14)61(53)84)32-44-23-19-18-20-24-44/h18-20,23-26,36-43,47-48,50-54,66,75,77,87H,15-17,21-22,27-35H2,1-14H3,(H,67,86)(H,68,78)(H,69,82)(H,70,83)(H,71,80)(H,72,79)(H,73,81)/t37-,38?,39?,40+,41+,42+,43+,47-,48-,50+,51+,52-,53-,54+,65-/m0/s1. The molecule has 0 spiro atoms. The van der Waals surface area contributed by atoms with Gasteiger partial charge in [0.1, 0.15) is 66.8 Å². The number of hydrogen-bond acceptors (Lipinski definition) is 18. The minimum atomic E-state index is -1.97. The van der Waals surface area contributed by atoms with Gasteiger partial charge in [-0.05, 0) is 109 Å². The van der Waals surface area contributed by atoms with Crippen LogP contribution >= 0.6 is 0 Å². The van der Waals surface area contributed by atoms with Crippen molar-refractivity contribution in [1.29, 1.82) is 0 Å². The highest BCUT2D eigenvalue weighted by atomic mass is 16.6. The zero-order valence-electron chi connectivity index (χ0n) is 55.6. The number of likely N-dealkylation sites (N-methyl/N-ethyl adjacent to an activating group) is 1. The number of allylic oxidation sites excluding steroid dienone is 3. The van der Waals surface area contributed by atoms with Gasteiger partial charge in [0.05, 0.1) is 23.9 Å². The van der Waals surface area contributed by atoms with E-state index >= 15 is 9.59 Å². The van der Waals surface area contributed by atoms with Crippen LogP contribution in [0.25, 0.3) is 0 Å². The second kappa shape index (κ2) is 35.6. The van der Waals surface area contributed by atoms with Crippen LogP contribution in [0.1, 0.15) is 147 Å². The van der Waals surface area contributed by atoms with Gasteiger partial charge in [-0.2, -0.15) is 0 Å². The molecule has 1 aromatic rings. The Morgan fingerprint density at radius 1 is 0.791 bits per heavy atom. The predicted octanol–water partition coefficient (Wildman–Crippen LogP) is 2.26. The maximum atomic E-state index is 15.6. The molecule has 2 saturated heterocycles. The first-order chi connectivity index (χ1) is 42.7. The third-order valence-electron chi connectivity index (χ3n) is 17.0. The molecule has 0 saturated carbocycles. The lowest BCUT2D eigenvalue weighted by Crippen LogP contribution is -2.62. The van der Waals surface area contributed by atoms with E-state index in [0.717, 1.165) is 30.6 Å². The van der Waals surface area contributed by atoms with Gasteiger partial charge >= 0.3 is 18.0 Å². The maximum absolute atomic E-state index is 15.6. The lowest BCUT2D eigenvalue weighted by molar-refractivity contribution is -0.160. The highest BCUT2D eigenvalue weighted by Crippen LogP contribution is 2.33. The van der Waals surface area contributed by atoms with Crippen molar-refractivity contribution in [3.05, 3.63) is 59.4 Å². The van der Waals surface area contributed by atoms with E-state index in [1.807, 2.05) is 0 Å². The Labute approximate surface area is 535 Å². The number of alkyl carbamates (subject to hydrolysis) is 1. The first-order valence-electron chi connectivity index (χ1n) is 32.0. The lowest BCUT2D eigenvalue weighted by Gasteiger charge is -2.38. The summed E-state index contributed by atoms with van der Waals surface area (Å²) in [5.74, 6) is -12.0. The summed E-state index contributed by atoms with van der Waals surface area (Å²) in [7, 11) is 1.34. The molecule has 4 aliphatic rings. The average Bonchev–Trinajstić information content (AvgIpc) is 1.22. The number of aliphatic hydroxyl groups excluding tert-OH is 2. The Kier molecular flexibility index (Phi) is 29.8. The number of rotatable bonds is 18. The van der Waals surface area contributed by atoms with Gasteiger partial charge in [-0.3, -0.25) is 38.4 Å². The van der Waals surface area contributed by atoms with Gasteiger partial charge in [0.25, 0.3) is 0 Å². The monoisotopic (exact) mass is 1280 g/mol. The number of ether oxygens (including phenoxy) is 4. The van der Waals surface area contributed by atoms with E-state index in [9.17, 15) is 53.7 Å². The van der Waals surface area contributed by atoms with Gasteiger partial charge in [0.15, 0.2) is 6.04 Å². The van der Waals surface area contributed by atoms with Crippen LogP contribution in [0, 0.1) is 29.6 Å². The molecular weight excluding hydrogens is 1180 g/mol. The molecular formula is C65H103N9O17. The van der Waals surface area contributed by atoms with E-state index in [4.69, 9.17) is 18.9 Å². The van der Waals surface area contributed by atoms with Gasteiger partial charge in [0.2, 0.25) is 41.4 Å². The molecule has 0 radical (unpaired) electrons. The number of nitrogens with one attached hydrogen (secondary N) is 8. The van der Waals surface area contributed by atoms with E-state index in [1.54, 1.807) is 112 Å². The maximum Gasteiger partial charge on any atom is 0.407 e. The summed E-state index contributed by atoms with van der Waals surface area (Å²) >= 11 is 0. The van der Waals surface area contributed by atoms with Crippen LogP contribution in [0.15, 0.2) is 53.8 Å². The van der Waals surface area contributed by atoms with Gasteiger partial charge in [-0.25, -0.2) is 9.59 Å². The molecule has 2 fully saturated rings. The van der Waals surface area contributed by atoms with Crippen LogP contribution in [-0.2, 0) is 68.5 Å². The Morgan fingerprint density at radius 3 is 2.04 bits per heavy atom. The first kappa shape index (κ1) is 76.3. The summed E-state index contributed by atoms with van der Waals surface area (Å²) < 4.78 is 23.2. The molecule has 4 bridgehead atoms. The first-order valence-corrected chi connectivity index (χ1v) is 32.0. The lowest BCUT2D eigenvalue weighted by atomic mass is 9.85. The summed E-state index contributed by atoms with van der Waals surface area (Å²) in [5.41, 5.74) is -1.31. The van der Waals surface area contributed by atoms with E-state index in [0.29, 0.717) is 30.0 Å². The third-order valence-corrected chi connectivity index (χ3v) is 17.0. The van der Waals surface area contributed by atoms with Gasteiger partial charge in [-0.15, -0.1) is 0 Å². The summed E-state index contributed by atoms with van der Waals surface area (Å²) in [4.78, 5) is 144. The van der Waals surface area contributed by atoms with E-state index in [2.05, 4.69) is 42.5 Å². The van der Waals surface area contributed by atoms with Crippen LogP contribution < -0.4 is 42.5 Å². The molecule has 11 N–H and O–H groups in total. The number of esters is 2. The van der Waals surface area contributed by atoms with Gasteiger partial charge in [-0.1, -0.05) is 104 Å². The van der Waals surface area contributed by atoms with Crippen molar-refractivity contribution in [1.82, 2.24) is 47.4 Å². The number of benzene rings is 1. The molecule has 8 amide bonds. The largest absolute Gasteiger partial charge is 0.492 e. The highest BCUT2D eigenvalue weighted by molar-refractivity contribution is 5.99. The second-order valence-corrected chi connectivity index (χ2v) is 26.0. The summed E-state index contributed by atoms with van der Waals surface area (Å²) in [6, 6.07) is -1.54. The topological polar surface area (TPSA) is 368 Å². The number of carbonyl (C=O) groups excluding carboxylic acids is 10. The number of fused-ring (bicyclic) bond motifs is 13. The number of carbonyl (C=O) groups is 10. The van der Waals surface area contributed by atoms with Gasteiger partial charge < -0.3 is 81.7 Å². The van der Waals surface area contributed by atoms with Crippen molar-refractivity contribution in [2.75, 3.05) is 39.8 Å². The fourth-order valence-electron chi connectivity index (χ4n) is 10.7. The van der Waals surface area contributed by atoms with Crippen molar-refractivity contribution in [3.63, 3.8) is 0 Å². The van der Waals surface area contributed by atoms with Crippen LogP contribution in [0.2, 0.25) is 0 Å². The van der Waals surface area contributed by atoms with Crippen molar-refractivity contribution in [2.24, 2.45) is 29.6 Å². The molecule has 91 heavy (non-hydrogen) atoms. The van der Waals surface area contributed by atoms with Crippen LogP contribution in [0.3, 0.4) is 0 Å². The molecule has 1 aromatic carbocycles. The highest BCUT2D eigenvalue weighted by Gasteiger charge is 2.44. The van der Waals surface area contributed by atoms with Crippen LogP contribution in [-0.4, -0.2) is 191 Å². The number of aliphatic hydroxyl groups is 3. The van der Waals surface area contributed by atoms with Crippen molar-refractivity contribution >= 4 is 59.4 Å². The van der Waals surface area contributed by atoms with Crippen molar-refractivity contribution in [2.45, 2.75) is 220 Å². The molecule has 3 heterocycles. The number of nitrogens with zero attached hydrogens (tertiary/aromatic N) is 1. The second-order valence-electron chi connectivity index (χ2n) is 26.0. The number of unbranched alkanes of at least 4 members (excludes halogenated alkanes) is 3. The fourth-order valence-corrected chi connectivity index (χ4v) is 10.7. The molecule has 510 valence electrons. The smallest absolute Gasteiger partial charge is 0.407 e. The zero-order chi connectivity index (χ0) is 68.1. The normalized spacial score (nSPS) is 28.0. The molecule has 1 aliphatic carbocycles. The number of amides is 8. The summed E-state index contributed by atoms with van der Waals surface area (Å²) in [5, 5.41) is 56.5. The van der Waals surface area contributed by atoms with Crippen LogP contribution in [0.5, 0.6) is 0 Å². The average molecular weight is 1280 g/mol. The van der Waals surface area contributed by atoms with Gasteiger partial charge in [0, 0.05) is 38.9 Å². The fraction of sp³-hybridized carbons (Fsp3) is 0.692. The van der Waals surface area contributed by atoms with Crippen molar-refractivity contribution in [3.8, 4) is 0 Å². The number of hydrogen-bond donors (Lipinski definition) is 11. The number of cyclic esters (lactones) is 1. The minimum Gasteiger partial charge on any atom is -0.492 e. The molecule has 2 unspecified atom stereocenters. The Hall–Kier alpha value is -7.16. The Morgan fingerprint density at radius 2 is 1.43 bits per heavy atom. The molecule has 26 nitrogen and oxygen atoms in total. The SMILES string of the molecule is CC[C@H](C)[C@H]1NC(=O)[C@@H](NC(=O)[C@H](C)[C@H](O)C(C)C)[C@@H](C)OC(=O)[C@@H]2COC(=O)CNC(=O)C(C)CC[C@](O)(CNCCCCCCNC(=O)OC(C)(C)C)[C@@H](C)OC3=CC=C(C(C)C3)[C@H](NC1=O)C(=O)N(C)[C@@H](Cc1ccccc1)C(=O)N[C@H]([C@@H](C)O)C(=O)N2. The van der Waals surface area contributed by atoms with E-state index < -0.39 is 174 Å². The molecule has 5 rings (SSSR count). The van der Waals surface area contributed by atoms with Crippen molar-refractivity contribution < 1.29 is 82.2 Å². The third kappa shape index (κ3) is 23.5. The Balaban J connectivity index is 1.91. The minimum absolute atomic E-state index is 0.0276. The van der Waals surface area contributed by atoms with Crippen LogP contribution in [0.4, 0.5) is 4.79 Å². The molecule has 26 heteroatoms. The molecule has 15 atom stereocenters. The zero-order valence-corrected chi connectivity index (χ0v) is 55.6. The predicted molar refractivity (Wildman–Crippen MR) is 336 cm³/mol. The van der Waals surface area contributed by atoms with E-state index in [1.165, 1.54) is 27.8 Å². The molecule has 3 aliphatic heterocycles. The quantitative estimate of drug-likeness (QED) is 0.0570. The molecule has 0 aromatic heterocycles.